The molecule has 0 radical (unpaired) electrons. The molecule has 1 aromatic heterocycles. The van der Waals surface area contributed by atoms with E-state index in [1.54, 1.807) is 6.92 Å². The number of rotatable bonds is 7. The van der Waals surface area contributed by atoms with Crippen LogP contribution in [0, 0.1) is 12.8 Å². The smallest absolute Gasteiger partial charge is 0.230 e. The van der Waals surface area contributed by atoms with Gasteiger partial charge in [-0.1, -0.05) is 23.7 Å². The summed E-state index contributed by atoms with van der Waals surface area (Å²) in [5.41, 5.74) is 5.49. The van der Waals surface area contributed by atoms with Gasteiger partial charge in [0.05, 0.1) is 5.92 Å². The van der Waals surface area contributed by atoms with E-state index in [9.17, 15) is 4.79 Å². The molecule has 0 aliphatic rings. The Morgan fingerprint density at radius 1 is 1.63 bits per heavy atom. The molecule has 1 unspecified atom stereocenters. The topological polar surface area (TPSA) is 127 Å². The number of nitrogens with two attached hydrogens (primary N) is 1. The van der Waals surface area contributed by atoms with Gasteiger partial charge in [-0.25, -0.2) is 0 Å². The first-order chi connectivity index (χ1) is 9.08. The summed E-state index contributed by atoms with van der Waals surface area (Å²) in [4.78, 5) is 15.9. The minimum absolute atomic E-state index is 0.0759. The van der Waals surface area contributed by atoms with Crippen molar-refractivity contribution in [1.82, 2.24) is 15.5 Å². The monoisotopic (exact) mass is 269 g/mol. The average Bonchev–Trinajstić information content (AvgIpc) is 2.80. The van der Waals surface area contributed by atoms with E-state index in [1.807, 2.05) is 6.92 Å². The molecule has 1 rings (SSSR count). The molecular formula is C11H19N5O3. The maximum Gasteiger partial charge on any atom is 0.230 e. The Labute approximate surface area is 111 Å². The number of nitrogens with zero attached hydrogens (tertiary/aromatic N) is 3. The molecule has 0 aromatic carbocycles. The van der Waals surface area contributed by atoms with Crippen molar-refractivity contribution in [2.45, 2.75) is 33.1 Å². The average molecular weight is 269 g/mol. The van der Waals surface area contributed by atoms with Crippen molar-refractivity contribution >= 4 is 11.7 Å². The molecule has 0 aliphatic carbocycles. The van der Waals surface area contributed by atoms with Gasteiger partial charge in [0.1, 0.15) is 0 Å². The lowest BCUT2D eigenvalue weighted by Gasteiger charge is -2.13. The zero-order valence-corrected chi connectivity index (χ0v) is 11.1. The minimum atomic E-state index is -0.612. The van der Waals surface area contributed by atoms with E-state index >= 15 is 0 Å². The highest BCUT2D eigenvalue weighted by atomic mass is 16.5. The molecular weight excluding hydrogens is 250 g/mol. The van der Waals surface area contributed by atoms with Gasteiger partial charge < -0.3 is 20.8 Å². The maximum absolute atomic E-state index is 11.9. The summed E-state index contributed by atoms with van der Waals surface area (Å²) in [6.07, 6.45) is 1.74. The molecule has 1 heterocycles. The van der Waals surface area contributed by atoms with Crippen molar-refractivity contribution < 1.29 is 14.5 Å². The van der Waals surface area contributed by atoms with E-state index in [-0.39, 0.29) is 11.7 Å². The first-order valence-electron chi connectivity index (χ1n) is 6.12. The van der Waals surface area contributed by atoms with E-state index < -0.39 is 5.92 Å². The van der Waals surface area contributed by atoms with E-state index in [0.717, 1.165) is 6.42 Å². The third-order valence-corrected chi connectivity index (χ3v) is 2.57. The van der Waals surface area contributed by atoms with Gasteiger partial charge in [0.15, 0.2) is 11.7 Å². The van der Waals surface area contributed by atoms with Crippen molar-refractivity contribution in [3.8, 4) is 0 Å². The van der Waals surface area contributed by atoms with Gasteiger partial charge >= 0.3 is 0 Å². The van der Waals surface area contributed by atoms with Crippen LogP contribution in [-0.2, 0) is 11.2 Å². The fraction of sp³-hybridized carbons (Fsp3) is 0.636. The van der Waals surface area contributed by atoms with Crippen LogP contribution in [0.2, 0.25) is 0 Å². The second kappa shape index (κ2) is 7.34. The lowest BCUT2D eigenvalue weighted by molar-refractivity contribution is -0.123. The molecule has 0 saturated carbocycles. The zero-order chi connectivity index (χ0) is 14.3. The van der Waals surface area contributed by atoms with Crippen LogP contribution in [0.4, 0.5) is 0 Å². The number of oxime groups is 1. The van der Waals surface area contributed by atoms with Crippen molar-refractivity contribution in [3.63, 3.8) is 0 Å². The van der Waals surface area contributed by atoms with Crippen LogP contribution in [-0.4, -0.2) is 33.6 Å². The number of carbonyl (C=O) groups is 1. The number of hydrogen-bond acceptors (Lipinski definition) is 6. The van der Waals surface area contributed by atoms with Crippen molar-refractivity contribution in [1.29, 1.82) is 0 Å². The molecule has 1 atom stereocenters. The van der Waals surface area contributed by atoms with Gasteiger partial charge in [0.25, 0.3) is 0 Å². The molecule has 8 nitrogen and oxygen atoms in total. The number of amidine groups is 1. The van der Waals surface area contributed by atoms with Crippen LogP contribution in [0.25, 0.3) is 0 Å². The Hall–Kier alpha value is -2.12. The number of amides is 1. The molecule has 4 N–H and O–H groups in total. The molecule has 19 heavy (non-hydrogen) atoms. The predicted molar refractivity (Wildman–Crippen MR) is 67.6 cm³/mol. The van der Waals surface area contributed by atoms with Crippen LogP contribution < -0.4 is 11.1 Å². The Morgan fingerprint density at radius 2 is 2.37 bits per heavy atom. The van der Waals surface area contributed by atoms with E-state index in [2.05, 4.69) is 20.6 Å². The normalized spacial score (nSPS) is 13.3. The molecule has 0 saturated heterocycles. The summed E-state index contributed by atoms with van der Waals surface area (Å²) in [5, 5.41) is 17.9. The quantitative estimate of drug-likeness (QED) is 0.281. The van der Waals surface area contributed by atoms with Crippen molar-refractivity contribution in [3.05, 3.63) is 11.7 Å². The standard InChI is InChI=1S/C11H19N5O3/c1-3-4-8(10(12)15-18)11(17)13-6-5-9-14-7(2)16-19-9/h8,18H,3-6H2,1-2H3,(H2,12,15)(H,13,17). The number of hydrogen-bond donors (Lipinski definition) is 3. The molecule has 1 aromatic rings. The van der Waals surface area contributed by atoms with Crippen molar-refractivity contribution in [2.24, 2.45) is 16.8 Å². The highest BCUT2D eigenvalue weighted by Crippen LogP contribution is 2.07. The highest BCUT2D eigenvalue weighted by Gasteiger charge is 2.21. The number of aromatic nitrogens is 2. The maximum atomic E-state index is 11.9. The number of nitrogens with one attached hydrogen (secondary N) is 1. The second-order valence-electron chi connectivity index (χ2n) is 4.14. The molecule has 0 bridgehead atoms. The molecule has 0 aliphatic heterocycles. The molecule has 106 valence electrons. The number of aryl methyl sites for hydroxylation is 1. The molecule has 8 heteroatoms. The van der Waals surface area contributed by atoms with Gasteiger partial charge in [0.2, 0.25) is 11.8 Å². The third kappa shape index (κ3) is 4.57. The third-order valence-electron chi connectivity index (χ3n) is 2.57. The predicted octanol–water partition coefficient (Wildman–Crippen LogP) is 0.199. The van der Waals surface area contributed by atoms with Crippen molar-refractivity contribution in [2.75, 3.05) is 6.54 Å². The SMILES string of the molecule is CCCC(C(=O)NCCc1nc(C)no1)C(N)=NO. The van der Waals surface area contributed by atoms with Crippen LogP contribution >= 0.6 is 0 Å². The van der Waals surface area contributed by atoms with Gasteiger partial charge in [-0.2, -0.15) is 4.98 Å². The fourth-order valence-electron chi connectivity index (χ4n) is 1.63. The van der Waals surface area contributed by atoms with Gasteiger partial charge in [0, 0.05) is 13.0 Å². The number of carbonyl (C=O) groups excluding carboxylic acids is 1. The minimum Gasteiger partial charge on any atom is -0.409 e. The first kappa shape index (κ1) is 14.9. The molecule has 0 fully saturated rings. The first-order valence-corrected chi connectivity index (χ1v) is 6.12. The summed E-state index contributed by atoms with van der Waals surface area (Å²) in [6, 6.07) is 0. The Morgan fingerprint density at radius 3 is 2.89 bits per heavy atom. The summed E-state index contributed by atoms with van der Waals surface area (Å²) >= 11 is 0. The van der Waals surface area contributed by atoms with E-state index in [1.165, 1.54) is 0 Å². The van der Waals surface area contributed by atoms with Crippen LogP contribution in [0.3, 0.4) is 0 Å². The van der Waals surface area contributed by atoms with Gasteiger partial charge in [-0.15, -0.1) is 0 Å². The fourth-order valence-corrected chi connectivity index (χ4v) is 1.63. The lowest BCUT2D eigenvalue weighted by atomic mass is 10.0. The highest BCUT2D eigenvalue weighted by molar-refractivity contribution is 6.01. The molecule has 1 amide bonds. The van der Waals surface area contributed by atoms with E-state index in [4.69, 9.17) is 15.5 Å². The Bertz CT molecular complexity index is 443. The van der Waals surface area contributed by atoms with Crippen LogP contribution in [0.5, 0.6) is 0 Å². The van der Waals surface area contributed by atoms with Crippen LogP contribution in [0.1, 0.15) is 31.5 Å². The van der Waals surface area contributed by atoms with Crippen LogP contribution in [0.15, 0.2) is 9.68 Å². The van der Waals surface area contributed by atoms with Gasteiger partial charge in [-0.3, -0.25) is 4.79 Å². The summed E-state index contributed by atoms with van der Waals surface area (Å²) < 4.78 is 4.92. The Balaban J connectivity index is 2.44. The largest absolute Gasteiger partial charge is 0.409 e. The summed E-state index contributed by atoms with van der Waals surface area (Å²) in [7, 11) is 0. The zero-order valence-electron chi connectivity index (χ0n) is 11.1. The second-order valence-corrected chi connectivity index (χ2v) is 4.14. The summed E-state index contributed by atoms with van der Waals surface area (Å²) in [6.45, 7) is 4.01. The molecule has 0 spiro atoms. The summed E-state index contributed by atoms with van der Waals surface area (Å²) in [5.74, 6) is 0.0660. The van der Waals surface area contributed by atoms with E-state index in [0.29, 0.717) is 31.1 Å². The van der Waals surface area contributed by atoms with Gasteiger partial charge in [-0.05, 0) is 13.3 Å². The Kier molecular flexibility index (Phi) is 5.77. The lowest BCUT2D eigenvalue weighted by Crippen LogP contribution is -2.39.